The third-order valence-corrected chi connectivity index (χ3v) is 5.79. The number of carbonyl (C=O) groups excluding carboxylic acids is 1. The van der Waals surface area contributed by atoms with Crippen molar-refractivity contribution in [1.82, 2.24) is 19.9 Å². The Bertz CT molecular complexity index is 1090. The van der Waals surface area contributed by atoms with Crippen LogP contribution in [0.25, 0.3) is 16.2 Å². The van der Waals surface area contributed by atoms with Crippen molar-refractivity contribution in [3.63, 3.8) is 0 Å². The van der Waals surface area contributed by atoms with Gasteiger partial charge in [-0.1, -0.05) is 64.5 Å². The van der Waals surface area contributed by atoms with Gasteiger partial charge in [0.1, 0.15) is 5.01 Å². The van der Waals surface area contributed by atoms with E-state index in [1.54, 1.807) is 23.5 Å². The fourth-order valence-corrected chi connectivity index (χ4v) is 3.94. The lowest BCUT2D eigenvalue weighted by Gasteiger charge is -2.07. The highest BCUT2D eigenvalue weighted by Crippen LogP contribution is 2.27. The van der Waals surface area contributed by atoms with Gasteiger partial charge in [-0.3, -0.25) is 4.79 Å². The number of hydrogen-bond donors (Lipinski definition) is 1. The molecule has 2 aromatic heterocycles. The number of imidazole rings is 1. The van der Waals surface area contributed by atoms with Crippen LogP contribution in [0.1, 0.15) is 28.0 Å². The zero-order valence-corrected chi connectivity index (χ0v) is 17.0. The van der Waals surface area contributed by atoms with Gasteiger partial charge in [0.25, 0.3) is 5.91 Å². The molecule has 7 heteroatoms. The predicted octanol–water partition coefficient (Wildman–Crippen LogP) is 4.71. The van der Waals surface area contributed by atoms with E-state index in [2.05, 4.69) is 33.3 Å². The van der Waals surface area contributed by atoms with Gasteiger partial charge < -0.3 is 5.32 Å². The maximum absolute atomic E-state index is 12.5. The lowest BCUT2D eigenvalue weighted by Crippen LogP contribution is -2.24. The van der Waals surface area contributed by atoms with Crippen LogP contribution >= 0.6 is 27.3 Å². The second kappa shape index (κ2) is 7.62. The Labute approximate surface area is 169 Å². The van der Waals surface area contributed by atoms with Gasteiger partial charge in [-0.25, -0.2) is 9.50 Å². The molecule has 2 heterocycles. The first-order chi connectivity index (χ1) is 13.2. The first-order valence-corrected chi connectivity index (χ1v) is 10.2. The second-order valence-electron chi connectivity index (χ2n) is 6.01. The molecule has 0 fully saturated rings. The van der Waals surface area contributed by atoms with E-state index < -0.39 is 0 Å². The Morgan fingerprint density at radius 1 is 1.15 bits per heavy atom. The summed E-state index contributed by atoms with van der Waals surface area (Å²) in [6, 6.07) is 17.3. The summed E-state index contributed by atoms with van der Waals surface area (Å²) in [5, 5.41) is 8.68. The minimum absolute atomic E-state index is 0.123. The number of halogens is 1. The molecule has 0 saturated heterocycles. The Kier molecular flexibility index (Phi) is 5.05. The summed E-state index contributed by atoms with van der Waals surface area (Å²) in [6.07, 6.45) is 0.861. The molecule has 0 saturated carbocycles. The lowest BCUT2D eigenvalue weighted by atomic mass is 10.1. The highest BCUT2D eigenvalue weighted by Gasteiger charge is 2.18. The highest BCUT2D eigenvalue weighted by atomic mass is 79.9. The van der Waals surface area contributed by atoms with E-state index in [0.717, 1.165) is 37.8 Å². The number of rotatable bonds is 5. The van der Waals surface area contributed by atoms with Crippen molar-refractivity contribution in [2.75, 3.05) is 0 Å². The molecule has 0 radical (unpaired) electrons. The van der Waals surface area contributed by atoms with Crippen LogP contribution in [-0.4, -0.2) is 20.5 Å². The van der Waals surface area contributed by atoms with Gasteiger partial charge in [0.2, 0.25) is 4.96 Å². The van der Waals surface area contributed by atoms with Crippen molar-refractivity contribution in [2.45, 2.75) is 19.9 Å². The van der Waals surface area contributed by atoms with E-state index >= 15 is 0 Å². The molecule has 0 atom stereocenters. The Balaban J connectivity index is 1.67. The summed E-state index contributed by atoms with van der Waals surface area (Å²) < 4.78 is 2.80. The number of nitrogens with one attached hydrogen (secondary N) is 1. The van der Waals surface area contributed by atoms with Crippen LogP contribution in [0, 0.1) is 0 Å². The molecule has 4 aromatic rings. The number of benzene rings is 2. The van der Waals surface area contributed by atoms with Gasteiger partial charge >= 0.3 is 0 Å². The molecule has 4 rings (SSSR count). The fourth-order valence-electron chi connectivity index (χ4n) is 2.83. The SMILES string of the molecule is CCc1nn2c(CNC(=O)c3ccc(Br)cc3)c(-c3ccccc3)nc2s1. The minimum atomic E-state index is -0.123. The zero-order chi connectivity index (χ0) is 18.8. The normalized spacial score (nSPS) is 11.0. The Morgan fingerprint density at radius 3 is 2.59 bits per heavy atom. The molecule has 5 nitrogen and oxygen atoms in total. The quantitative estimate of drug-likeness (QED) is 0.488. The minimum Gasteiger partial charge on any atom is -0.346 e. The number of nitrogens with zero attached hydrogens (tertiary/aromatic N) is 3. The lowest BCUT2D eigenvalue weighted by molar-refractivity contribution is 0.0950. The van der Waals surface area contributed by atoms with E-state index in [1.807, 2.05) is 47.0 Å². The van der Waals surface area contributed by atoms with Gasteiger partial charge in [0, 0.05) is 15.6 Å². The molecule has 0 unspecified atom stereocenters. The zero-order valence-electron chi connectivity index (χ0n) is 14.6. The standard InChI is InChI=1S/C20H17BrN4OS/c1-2-17-24-25-16(12-22-19(26)14-8-10-15(21)11-9-14)18(23-20(25)27-17)13-6-4-3-5-7-13/h3-11H,2,12H2,1H3,(H,22,26). The van der Waals surface area contributed by atoms with E-state index in [9.17, 15) is 4.79 Å². The van der Waals surface area contributed by atoms with Gasteiger partial charge in [0.05, 0.1) is 17.9 Å². The molecule has 1 amide bonds. The number of carbonyl (C=O) groups is 1. The van der Waals surface area contributed by atoms with Crippen molar-refractivity contribution in [3.8, 4) is 11.3 Å². The van der Waals surface area contributed by atoms with Crippen molar-refractivity contribution in [1.29, 1.82) is 0 Å². The summed E-state index contributed by atoms with van der Waals surface area (Å²) in [5.74, 6) is -0.123. The summed E-state index contributed by atoms with van der Waals surface area (Å²) in [7, 11) is 0. The van der Waals surface area contributed by atoms with E-state index in [4.69, 9.17) is 4.98 Å². The van der Waals surface area contributed by atoms with Crippen LogP contribution in [-0.2, 0) is 13.0 Å². The van der Waals surface area contributed by atoms with Crippen LogP contribution in [0.5, 0.6) is 0 Å². The van der Waals surface area contributed by atoms with Crippen LogP contribution < -0.4 is 5.32 Å². The number of aromatic nitrogens is 3. The molecule has 0 spiro atoms. The third-order valence-electron chi connectivity index (χ3n) is 4.21. The number of aryl methyl sites for hydroxylation is 1. The molecule has 0 bridgehead atoms. The van der Waals surface area contributed by atoms with E-state index in [-0.39, 0.29) is 5.91 Å². The molecule has 0 aliphatic rings. The summed E-state index contributed by atoms with van der Waals surface area (Å²) in [5.41, 5.74) is 3.37. The fraction of sp³-hybridized carbons (Fsp3) is 0.150. The smallest absolute Gasteiger partial charge is 0.251 e. The average molecular weight is 441 g/mol. The van der Waals surface area contributed by atoms with Gasteiger partial charge in [0.15, 0.2) is 0 Å². The molecule has 136 valence electrons. The molecular formula is C20H17BrN4OS. The Hall–Kier alpha value is -2.51. The topological polar surface area (TPSA) is 59.3 Å². The largest absolute Gasteiger partial charge is 0.346 e. The van der Waals surface area contributed by atoms with Crippen LogP contribution in [0.15, 0.2) is 59.1 Å². The number of hydrogen-bond acceptors (Lipinski definition) is 4. The van der Waals surface area contributed by atoms with E-state index in [0.29, 0.717) is 12.1 Å². The molecular weight excluding hydrogens is 424 g/mol. The molecule has 2 aromatic carbocycles. The van der Waals surface area contributed by atoms with Crippen LogP contribution in [0.4, 0.5) is 0 Å². The van der Waals surface area contributed by atoms with Gasteiger partial charge in [-0.2, -0.15) is 5.10 Å². The third kappa shape index (κ3) is 3.65. The van der Waals surface area contributed by atoms with Gasteiger partial charge in [-0.05, 0) is 30.7 Å². The van der Waals surface area contributed by atoms with Crippen molar-refractivity contribution in [2.24, 2.45) is 0 Å². The van der Waals surface area contributed by atoms with Crippen LogP contribution in [0.3, 0.4) is 0 Å². The molecule has 27 heavy (non-hydrogen) atoms. The number of amides is 1. The van der Waals surface area contributed by atoms with Crippen molar-refractivity contribution in [3.05, 3.63) is 75.3 Å². The monoisotopic (exact) mass is 440 g/mol. The second-order valence-corrected chi connectivity index (χ2v) is 7.96. The Morgan fingerprint density at radius 2 is 1.89 bits per heavy atom. The number of fused-ring (bicyclic) bond motifs is 1. The maximum Gasteiger partial charge on any atom is 0.251 e. The maximum atomic E-state index is 12.5. The van der Waals surface area contributed by atoms with Crippen LogP contribution in [0.2, 0.25) is 0 Å². The summed E-state index contributed by atoms with van der Waals surface area (Å²) in [4.78, 5) is 18.1. The first kappa shape index (κ1) is 17.9. The first-order valence-electron chi connectivity index (χ1n) is 8.62. The predicted molar refractivity (Wildman–Crippen MR) is 111 cm³/mol. The van der Waals surface area contributed by atoms with Crippen molar-refractivity contribution >= 4 is 38.1 Å². The van der Waals surface area contributed by atoms with Gasteiger partial charge in [-0.15, -0.1) is 0 Å². The van der Waals surface area contributed by atoms with E-state index in [1.165, 1.54) is 0 Å². The van der Waals surface area contributed by atoms with Crippen molar-refractivity contribution < 1.29 is 4.79 Å². The average Bonchev–Trinajstić information content (AvgIpc) is 3.25. The molecule has 0 aliphatic heterocycles. The molecule has 0 aliphatic carbocycles. The summed E-state index contributed by atoms with van der Waals surface area (Å²) in [6.45, 7) is 2.43. The summed E-state index contributed by atoms with van der Waals surface area (Å²) >= 11 is 4.97. The highest BCUT2D eigenvalue weighted by molar-refractivity contribution is 9.10. The molecule has 1 N–H and O–H groups in total.